The van der Waals surface area contributed by atoms with Crippen molar-refractivity contribution in [3.05, 3.63) is 5.82 Å². The van der Waals surface area contributed by atoms with Gasteiger partial charge in [0.2, 0.25) is 0 Å². The molecule has 0 bridgehead atoms. The molecule has 1 saturated heterocycles. The van der Waals surface area contributed by atoms with Crippen molar-refractivity contribution < 1.29 is 4.74 Å². The minimum absolute atomic E-state index is 0.146. The van der Waals surface area contributed by atoms with Crippen LogP contribution in [0.25, 0.3) is 0 Å². The summed E-state index contributed by atoms with van der Waals surface area (Å²) >= 11 is 0. The Morgan fingerprint density at radius 1 is 1.69 bits per heavy atom. The van der Waals surface area contributed by atoms with E-state index in [1.807, 2.05) is 0 Å². The van der Waals surface area contributed by atoms with Crippen molar-refractivity contribution in [2.24, 2.45) is 12.9 Å². The second kappa shape index (κ2) is 5.33. The number of nitrogens with zero attached hydrogens (tertiary/aromatic N) is 4. The Morgan fingerprint density at radius 3 is 3.12 bits per heavy atom. The van der Waals surface area contributed by atoms with Crippen LogP contribution in [0, 0.1) is 0 Å². The molecular weight excluding hydrogens is 208 g/mol. The van der Waals surface area contributed by atoms with Gasteiger partial charge in [0.15, 0.2) is 5.82 Å². The minimum atomic E-state index is 0.146. The maximum absolute atomic E-state index is 5.57. The van der Waals surface area contributed by atoms with E-state index in [4.69, 9.17) is 10.6 Å². The molecule has 2 heterocycles. The van der Waals surface area contributed by atoms with Crippen LogP contribution in [-0.4, -0.2) is 39.0 Å². The third kappa shape index (κ3) is 2.97. The average Bonchev–Trinajstić information content (AvgIpc) is 2.89. The Hall–Kier alpha value is -1.05. The molecule has 0 radical (unpaired) electrons. The summed E-state index contributed by atoms with van der Waals surface area (Å²) in [4.78, 5) is 1.45. The zero-order valence-corrected chi connectivity index (χ0v) is 9.46. The smallest absolute Gasteiger partial charge is 0.176 e. The first kappa shape index (κ1) is 11.4. The van der Waals surface area contributed by atoms with E-state index in [2.05, 4.69) is 20.8 Å². The lowest BCUT2D eigenvalue weighted by Crippen LogP contribution is -2.39. The maximum atomic E-state index is 5.57. The molecule has 0 amide bonds. The van der Waals surface area contributed by atoms with Gasteiger partial charge in [-0.2, -0.15) is 4.80 Å². The third-order valence-electron chi connectivity index (χ3n) is 2.79. The molecule has 3 N–H and O–H groups in total. The van der Waals surface area contributed by atoms with Crippen LogP contribution in [0.15, 0.2) is 0 Å². The summed E-state index contributed by atoms with van der Waals surface area (Å²) in [6.45, 7) is 0.866. The SMILES string of the molecule is Cn1nnc(CC(CC2CCCO2)NN)n1. The van der Waals surface area contributed by atoms with Crippen LogP contribution in [0.3, 0.4) is 0 Å². The molecule has 1 fully saturated rings. The number of ether oxygens (including phenoxy) is 1. The van der Waals surface area contributed by atoms with E-state index in [0.29, 0.717) is 18.3 Å². The number of nitrogens with one attached hydrogen (secondary N) is 1. The van der Waals surface area contributed by atoms with Crippen LogP contribution in [0.1, 0.15) is 25.1 Å². The third-order valence-corrected chi connectivity index (χ3v) is 2.79. The highest BCUT2D eigenvalue weighted by atomic mass is 16.5. The van der Waals surface area contributed by atoms with Crippen molar-refractivity contribution >= 4 is 0 Å². The van der Waals surface area contributed by atoms with Gasteiger partial charge in [0, 0.05) is 19.1 Å². The fourth-order valence-electron chi connectivity index (χ4n) is 1.98. The molecule has 16 heavy (non-hydrogen) atoms. The zero-order chi connectivity index (χ0) is 11.4. The van der Waals surface area contributed by atoms with E-state index in [9.17, 15) is 0 Å². The second-order valence-corrected chi connectivity index (χ2v) is 4.13. The van der Waals surface area contributed by atoms with Gasteiger partial charge in [-0.1, -0.05) is 0 Å². The molecular formula is C9H18N6O. The first-order valence-corrected chi connectivity index (χ1v) is 5.58. The van der Waals surface area contributed by atoms with Crippen molar-refractivity contribution in [3.8, 4) is 0 Å². The van der Waals surface area contributed by atoms with Gasteiger partial charge in [0.1, 0.15) is 0 Å². The standard InChI is InChI=1S/C9H18N6O/c1-15-13-9(12-14-15)6-7(11-10)5-8-3-2-4-16-8/h7-8,11H,2-6,10H2,1H3. The molecule has 1 aromatic heterocycles. The largest absolute Gasteiger partial charge is 0.378 e. The summed E-state index contributed by atoms with van der Waals surface area (Å²) in [6, 6.07) is 0.146. The summed E-state index contributed by atoms with van der Waals surface area (Å²) in [7, 11) is 1.75. The van der Waals surface area contributed by atoms with E-state index in [0.717, 1.165) is 25.9 Å². The van der Waals surface area contributed by atoms with Gasteiger partial charge in [-0.05, 0) is 24.5 Å². The number of aryl methyl sites for hydroxylation is 1. The highest BCUT2D eigenvalue weighted by Gasteiger charge is 2.21. The summed E-state index contributed by atoms with van der Waals surface area (Å²) < 4.78 is 5.57. The van der Waals surface area contributed by atoms with E-state index < -0.39 is 0 Å². The molecule has 7 nitrogen and oxygen atoms in total. The van der Waals surface area contributed by atoms with E-state index >= 15 is 0 Å². The first-order chi connectivity index (χ1) is 7.78. The van der Waals surface area contributed by atoms with Gasteiger partial charge in [0.05, 0.1) is 13.2 Å². The van der Waals surface area contributed by atoms with Crippen LogP contribution in [0.2, 0.25) is 0 Å². The Balaban J connectivity index is 1.84. The fraction of sp³-hybridized carbons (Fsp3) is 0.889. The maximum Gasteiger partial charge on any atom is 0.176 e. The molecule has 1 aromatic rings. The second-order valence-electron chi connectivity index (χ2n) is 4.13. The van der Waals surface area contributed by atoms with Gasteiger partial charge in [-0.15, -0.1) is 10.2 Å². The van der Waals surface area contributed by atoms with Crippen LogP contribution < -0.4 is 11.3 Å². The topological polar surface area (TPSA) is 90.9 Å². The van der Waals surface area contributed by atoms with Crippen molar-refractivity contribution in [1.29, 1.82) is 0 Å². The van der Waals surface area contributed by atoms with E-state index in [-0.39, 0.29) is 6.04 Å². The number of nitrogens with two attached hydrogens (primary N) is 1. The lowest BCUT2D eigenvalue weighted by atomic mass is 10.0. The van der Waals surface area contributed by atoms with Crippen molar-refractivity contribution in [2.45, 2.75) is 37.8 Å². The van der Waals surface area contributed by atoms with Crippen LogP contribution >= 0.6 is 0 Å². The van der Waals surface area contributed by atoms with Gasteiger partial charge in [0.25, 0.3) is 0 Å². The molecule has 90 valence electrons. The summed E-state index contributed by atoms with van der Waals surface area (Å²) in [5, 5.41) is 11.9. The van der Waals surface area contributed by atoms with Gasteiger partial charge < -0.3 is 4.74 Å². The summed E-state index contributed by atoms with van der Waals surface area (Å²) in [5.41, 5.74) is 2.79. The van der Waals surface area contributed by atoms with Crippen LogP contribution in [0.4, 0.5) is 0 Å². The molecule has 2 rings (SSSR count). The molecule has 1 aliphatic heterocycles. The molecule has 0 saturated carbocycles. The van der Waals surface area contributed by atoms with Crippen LogP contribution in [0.5, 0.6) is 0 Å². The molecule has 2 unspecified atom stereocenters. The molecule has 0 spiro atoms. The first-order valence-electron chi connectivity index (χ1n) is 5.58. The Labute approximate surface area is 94.3 Å². The molecule has 1 aliphatic rings. The Kier molecular flexibility index (Phi) is 3.81. The van der Waals surface area contributed by atoms with Crippen molar-refractivity contribution in [3.63, 3.8) is 0 Å². The monoisotopic (exact) mass is 226 g/mol. The summed E-state index contributed by atoms with van der Waals surface area (Å²) in [5.74, 6) is 6.23. The number of rotatable bonds is 5. The predicted octanol–water partition coefficient (Wildman–Crippen LogP) is -0.846. The van der Waals surface area contributed by atoms with Crippen molar-refractivity contribution in [2.75, 3.05) is 6.61 Å². The molecule has 0 aliphatic carbocycles. The fourth-order valence-corrected chi connectivity index (χ4v) is 1.98. The number of tetrazole rings is 1. The van der Waals surface area contributed by atoms with Gasteiger partial charge >= 0.3 is 0 Å². The average molecular weight is 226 g/mol. The van der Waals surface area contributed by atoms with Crippen LogP contribution in [-0.2, 0) is 18.2 Å². The Bertz CT molecular complexity index is 322. The predicted molar refractivity (Wildman–Crippen MR) is 57.2 cm³/mol. The minimum Gasteiger partial charge on any atom is -0.378 e. The normalized spacial score (nSPS) is 22.5. The zero-order valence-electron chi connectivity index (χ0n) is 9.46. The highest BCUT2D eigenvalue weighted by Crippen LogP contribution is 2.17. The number of aromatic nitrogens is 4. The van der Waals surface area contributed by atoms with E-state index in [1.54, 1.807) is 7.05 Å². The lowest BCUT2D eigenvalue weighted by Gasteiger charge is -2.17. The highest BCUT2D eigenvalue weighted by molar-refractivity contribution is 4.85. The summed E-state index contributed by atoms with van der Waals surface area (Å²) in [6.07, 6.45) is 4.16. The quantitative estimate of drug-likeness (QED) is 0.502. The number of hydrogen-bond acceptors (Lipinski definition) is 6. The Morgan fingerprint density at radius 2 is 2.56 bits per heavy atom. The van der Waals surface area contributed by atoms with E-state index in [1.165, 1.54) is 4.80 Å². The molecule has 7 heteroatoms. The molecule has 2 atom stereocenters. The number of hydrazine groups is 1. The van der Waals surface area contributed by atoms with Gasteiger partial charge in [-0.25, -0.2) is 0 Å². The number of hydrogen-bond donors (Lipinski definition) is 2. The molecule has 0 aromatic carbocycles. The lowest BCUT2D eigenvalue weighted by molar-refractivity contribution is 0.0944. The van der Waals surface area contributed by atoms with Crippen molar-refractivity contribution in [1.82, 2.24) is 25.6 Å². The van der Waals surface area contributed by atoms with Gasteiger partial charge in [-0.3, -0.25) is 11.3 Å².